The van der Waals surface area contributed by atoms with Crippen molar-refractivity contribution in [2.24, 2.45) is 5.73 Å². The van der Waals surface area contributed by atoms with Crippen molar-refractivity contribution in [2.45, 2.75) is 12.6 Å². The van der Waals surface area contributed by atoms with Crippen LogP contribution in [0.1, 0.15) is 32.3 Å². The molecule has 2 amide bonds. The Morgan fingerprint density at radius 2 is 1.53 bits per heavy atom. The number of aromatic nitrogens is 3. The van der Waals surface area contributed by atoms with Gasteiger partial charge in [0.15, 0.2) is 0 Å². The highest BCUT2D eigenvalue weighted by Crippen LogP contribution is 2.23. The molecule has 0 saturated carbocycles. The highest BCUT2D eigenvalue weighted by molar-refractivity contribution is 5.94. The Bertz CT molecular complexity index is 1170. The second kappa shape index (κ2) is 9.57. The van der Waals surface area contributed by atoms with Crippen LogP contribution >= 0.6 is 0 Å². The van der Waals surface area contributed by atoms with E-state index >= 15 is 0 Å². The molecule has 0 bridgehead atoms. The summed E-state index contributed by atoms with van der Waals surface area (Å²) in [4.78, 5) is 28.0. The topological polar surface area (TPSA) is 112 Å². The summed E-state index contributed by atoms with van der Waals surface area (Å²) in [5, 5.41) is 7.20. The lowest BCUT2D eigenvalue weighted by Crippen LogP contribution is -2.31. The molecule has 1 atom stereocenters. The molecular formula is C24H21N5O3. The molecule has 32 heavy (non-hydrogen) atoms. The molecule has 1 unspecified atom stereocenters. The van der Waals surface area contributed by atoms with Crippen LogP contribution in [0.5, 0.6) is 11.5 Å². The van der Waals surface area contributed by atoms with Crippen molar-refractivity contribution in [3.05, 3.63) is 108 Å². The number of hydrogen-bond acceptors (Lipinski definition) is 5. The van der Waals surface area contributed by atoms with Gasteiger partial charge in [-0.3, -0.25) is 14.3 Å². The smallest absolute Gasteiger partial charge is 0.251 e. The Kier molecular flexibility index (Phi) is 6.22. The first-order valence-corrected chi connectivity index (χ1v) is 9.94. The molecule has 0 fully saturated rings. The SMILES string of the molecule is NC(=O)c1ccc(Oc2ccc(C(=O)NC(Cn3cncn3)c3ccccc3)cc2)cc1. The fourth-order valence-electron chi connectivity index (χ4n) is 3.17. The Labute approximate surface area is 184 Å². The molecule has 4 aromatic rings. The van der Waals surface area contributed by atoms with E-state index in [9.17, 15) is 9.59 Å². The number of carbonyl (C=O) groups is 2. The summed E-state index contributed by atoms with van der Waals surface area (Å²) in [5.41, 5.74) is 7.12. The third-order valence-corrected chi connectivity index (χ3v) is 4.83. The van der Waals surface area contributed by atoms with E-state index in [2.05, 4.69) is 15.4 Å². The Morgan fingerprint density at radius 3 is 2.09 bits per heavy atom. The average molecular weight is 427 g/mol. The number of nitrogens with zero attached hydrogens (tertiary/aromatic N) is 3. The Hall–Kier alpha value is -4.46. The van der Waals surface area contributed by atoms with Crippen molar-refractivity contribution in [2.75, 3.05) is 0 Å². The highest BCUT2D eigenvalue weighted by Gasteiger charge is 2.17. The molecule has 160 valence electrons. The molecule has 0 spiro atoms. The molecule has 0 radical (unpaired) electrons. The van der Waals surface area contributed by atoms with Crippen molar-refractivity contribution < 1.29 is 14.3 Å². The number of benzene rings is 3. The van der Waals surface area contributed by atoms with Gasteiger partial charge in [-0.2, -0.15) is 5.10 Å². The van der Waals surface area contributed by atoms with E-state index in [0.29, 0.717) is 29.2 Å². The van der Waals surface area contributed by atoms with Crippen LogP contribution < -0.4 is 15.8 Å². The number of primary amides is 1. The molecule has 0 aliphatic rings. The van der Waals surface area contributed by atoms with Gasteiger partial charge in [-0.05, 0) is 54.1 Å². The lowest BCUT2D eigenvalue weighted by Gasteiger charge is -2.19. The number of carbonyl (C=O) groups excluding carboxylic acids is 2. The van der Waals surface area contributed by atoms with Gasteiger partial charge in [0.1, 0.15) is 24.2 Å². The first-order valence-electron chi connectivity index (χ1n) is 9.94. The molecule has 1 aromatic heterocycles. The molecule has 0 aliphatic carbocycles. The van der Waals surface area contributed by atoms with Crippen LogP contribution in [-0.4, -0.2) is 26.6 Å². The molecule has 8 nitrogen and oxygen atoms in total. The third-order valence-electron chi connectivity index (χ3n) is 4.83. The van der Waals surface area contributed by atoms with Crippen molar-refractivity contribution in [3.8, 4) is 11.5 Å². The summed E-state index contributed by atoms with van der Waals surface area (Å²) in [7, 11) is 0. The summed E-state index contributed by atoms with van der Waals surface area (Å²) in [6.07, 6.45) is 3.08. The minimum Gasteiger partial charge on any atom is -0.457 e. The molecule has 8 heteroatoms. The van der Waals surface area contributed by atoms with E-state index in [1.165, 1.54) is 6.33 Å². The number of hydrogen-bond donors (Lipinski definition) is 2. The summed E-state index contributed by atoms with van der Waals surface area (Å²) in [5.74, 6) is 0.417. The van der Waals surface area contributed by atoms with E-state index in [4.69, 9.17) is 10.5 Å². The van der Waals surface area contributed by atoms with Crippen LogP contribution in [0, 0.1) is 0 Å². The number of nitrogens with one attached hydrogen (secondary N) is 1. The molecule has 1 heterocycles. The third kappa shape index (κ3) is 5.17. The van der Waals surface area contributed by atoms with E-state index in [0.717, 1.165) is 5.56 Å². The minimum atomic E-state index is -0.496. The Balaban J connectivity index is 1.44. The normalized spacial score (nSPS) is 11.5. The van der Waals surface area contributed by atoms with Crippen LogP contribution in [0.15, 0.2) is 91.5 Å². The van der Waals surface area contributed by atoms with Crippen LogP contribution in [0.25, 0.3) is 0 Å². The van der Waals surface area contributed by atoms with E-state index in [1.54, 1.807) is 59.5 Å². The zero-order chi connectivity index (χ0) is 22.3. The van der Waals surface area contributed by atoms with Gasteiger partial charge in [0, 0.05) is 11.1 Å². The van der Waals surface area contributed by atoms with Crippen LogP contribution in [0.2, 0.25) is 0 Å². The van der Waals surface area contributed by atoms with Crippen molar-refractivity contribution in [1.82, 2.24) is 20.1 Å². The maximum Gasteiger partial charge on any atom is 0.251 e. The van der Waals surface area contributed by atoms with E-state index in [1.807, 2.05) is 30.3 Å². The molecule has 0 saturated heterocycles. The van der Waals surface area contributed by atoms with Crippen molar-refractivity contribution >= 4 is 11.8 Å². The van der Waals surface area contributed by atoms with Gasteiger partial charge in [-0.25, -0.2) is 4.98 Å². The number of rotatable bonds is 8. The number of nitrogens with two attached hydrogens (primary N) is 1. The van der Waals surface area contributed by atoms with Crippen molar-refractivity contribution in [1.29, 1.82) is 0 Å². The van der Waals surface area contributed by atoms with Crippen LogP contribution in [0.3, 0.4) is 0 Å². The monoisotopic (exact) mass is 427 g/mol. The highest BCUT2D eigenvalue weighted by atomic mass is 16.5. The zero-order valence-corrected chi connectivity index (χ0v) is 17.1. The van der Waals surface area contributed by atoms with Gasteiger partial charge in [0.05, 0.1) is 12.6 Å². The molecule has 0 aliphatic heterocycles. The number of amides is 2. The zero-order valence-electron chi connectivity index (χ0n) is 17.1. The maximum atomic E-state index is 12.9. The lowest BCUT2D eigenvalue weighted by atomic mass is 10.1. The largest absolute Gasteiger partial charge is 0.457 e. The predicted molar refractivity (Wildman–Crippen MR) is 118 cm³/mol. The quantitative estimate of drug-likeness (QED) is 0.448. The fraction of sp³-hybridized carbons (Fsp3) is 0.0833. The molecule has 4 rings (SSSR count). The van der Waals surface area contributed by atoms with E-state index in [-0.39, 0.29) is 11.9 Å². The molecular weight excluding hydrogens is 406 g/mol. The van der Waals surface area contributed by atoms with E-state index < -0.39 is 5.91 Å². The minimum absolute atomic E-state index is 0.212. The summed E-state index contributed by atoms with van der Waals surface area (Å²) >= 11 is 0. The van der Waals surface area contributed by atoms with Gasteiger partial charge in [-0.15, -0.1) is 0 Å². The van der Waals surface area contributed by atoms with Gasteiger partial charge in [0.25, 0.3) is 5.91 Å². The van der Waals surface area contributed by atoms with Crippen LogP contribution in [-0.2, 0) is 6.54 Å². The second-order valence-corrected chi connectivity index (χ2v) is 7.07. The van der Waals surface area contributed by atoms with Crippen LogP contribution in [0.4, 0.5) is 0 Å². The average Bonchev–Trinajstić information content (AvgIpc) is 3.33. The molecule has 3 N–H and O–H groups in total. The predicted octanol–water partition coefficient (Wildman–Crippen LogP) is 3.34. The second-order valence-electron chi connectivity index (χ2n) is 7.07. The maximum absolute atomic E-state index is 12.9. The summed E-state index contributed by atoms with van der Waals surface area (Å²) in [6.45, 7) is 0.457. The first-order chi connectivity index (χ1) is 15.6. The van der Waals surface area contributed by atoms with Gasteiger partial charge in [-0.1, -0.05) is 30.3 Å². The lowest BCUT2D eigenvalue weighted by molar-refractivity contribution is 0.0931. The number of ether oxygens (including phenoxy) is 1. The summed E-state index contributed by atoms with van der Waals surface area (Å²) < 4.78 is 7.44. The fourth-order valence-corrected chi connectivity index (χ4v) is 3.17. The first kappa shape index (κ1) is 20.8. The summed E-state index contributed by atoms with van der Waals surface area (Å²) in [6, 6.07) is 22.8. The van der Waals surface area contributed by atoms with Gasteiger partial charge in [0.2, 0.25) is 5.91 Å². The standard InChI is InChI=1S/C24H21N5O3/c25-23(30)18-6-10-20(11-7-18)32-21-12-8-19(9-13-21)24(31)28-22(14-29-16-26-15-27-29)17-4-2-1-3-5-17/h1-13,15-16,22H,14H2,(H2,25,30)(H,28,31). The van der Waals surface area contributed by atoms with Gasteiger partial charge >= 0.3 is 0 Å². The van der Waals surface area contributed by atoms with Crippen molar-refractivity contribution in [3.63, 3.8) is 0 Å². The molecule has 3 aromatic carbocycles. The van der Waals surface area contributed by atoms with Gasteiger partial charge < -0.3 is 15.8 Å². The Morgan fingerprint density at radius 1 is 0.906 bits per heavy atom.